The molecule has 2 heterocycles. The summed E-state index contributed by atoms with van der Waals surface area (Å²) in [6.07, 6.45) is 4.45. The smallest absolute Gasteiger partial charge is 0.243 e. The van der Waals surface area contributed by atoms with Gasteiger partial charge in [-0.1, -0.05) is 23.8 Å². The van der Waals surface area contributed by atoms with Crippen LogP contribution in [-0.2, 0) is 10.0 Å². The first kappa shape index (κ1) is 18.9. The van der Waals surface area contributed by atoms with E-state index in [0.29, 0.717) is 24.4 Å². The summed E-state index contributed by atoms with van der Waals surface area (Å²) in [7, 11) is -3.55. The minimum Gasteiger partial charge on any atom is -0.360 e. The van der Waals surface area contributed by atoms with E-state index in [0.717, 1.165) is 38.7 Å². The number of rotatable bonds is 3. The lowest BCUT2D eigenvalue weighted by Crippen LogP contribution is -2.35. The molecule has 3 aromatic rings. The number of aromatic nitrogens is 1. The van der Waals surface area contributed by atoms with Gasteiger partial charge < -0.3 is 4.98 Å². The number of nitrogens with one attached hydrogen (secondary N) is 1. The van der Waals surface area contributed by atoms with Crippen LogP contribution in [0, 0.1) is 26.6 Å². The van der Waals surface area contributed by atoms with Gasteiger partial charge in [-0.05, 0) is 62.1 Å². The average molecular weight is 399 g/mol. The maximum Gasteiger partial charge on any atom is 0.243 e. The number of aryl methyl sites for hydroxylation is 3. The van der Waals surface area contributed by atoms with Gasteiger partial charge >= 0.3 is 0 Å². The minimum atomic E-state index is -3.55. The molecule has 1 aliphatic rings. The number of benzene rings is 2. The first-order chi connectivity index (χ1) is 13.3. The van der Waals surface area contributed by atoms with Crippen molar-refractivity contribution in [1.29, 1.82) is 0 Å². The Morgan fingerprint density at radius 2 is 1.79 bits per heavy atom. The summed E-state index contributed by atoms with van der Waals surface area (Å²) in [6, 6.07) is 8.51. The zero-order valence-electron chi connectivity index (χ0n) is 16.2. The SMILES string of the molecule is Cc1cc(C)c(S(=O)(=O)N2CC=C(c3c[nH]c4cc(F)ccc34)CC2)c(C)c1. The lowest BCUT2D eigenvalue weighted by atomic mass is 10.00. The van der Waals surface area contributed by atoms with E-state index in [-0.39, 0.29) is 5.82 Å². The fourth-order valence-corrected chi connectivity index (χ4v) is 5.97. The van der Waals surface area contributed by atoms with E-state index in [2.05, 4.69) is 4.98 Å². The summed E-state index contributed by atoms with van der Waals surface area (Å²) in [6.45, 7) is 6.43. The third kappa shape index (κ3) is 3.16. The lowest BCUT2D eigenvalue weighted by molar-refractivity contribution is 0.440. The van der Waals surface area contributed by atoms with E-state index in [9.17, 15) is 12.8 Å². The van der Waals surface area contributed by atoms with Crippen molar-refractivity contribution in [2.75, 3.05) is 13.1 Å². The molecule has 0 unspecified atom stereocenters. The van der Waals surface area contributed by atoms with Crippen molar-refractivity contribution in [1.82, 2.24) is 9.29 Å². The van der Waals surface area contributed by atoms with Crippen LogP contribution in [0.3, 0.4) is 0 Å². The molecule has 6 heteroatoms. The summed E-state index contributed by atoms with van der Waals surface area (Å²) in [4.78, 5) is 3.52. The summed E-state index contributed by atoms with van der Waals surface area (Å²) < 4.78 is 41.4. The Balaban J connectivity index is 1.65. The molecule has 0 fully saturated rings. The molecule has 28 heavy (non-hydrogen) atoms. The number of sulfonamides is 1. The van der Waals surface area contributed by atoms with Crippen molar-refractivity contribution in [2.24, 2.45) is 0 Å². The van der Waals surface area contributed by atoms with Crippen molar-refractivity contribution in [3.8, 4) is 0 Å². The highest BCUT2D eigenvalue weighted by atomic mass is 32.2. The summed E-state index contributed by atoms with van der Waals surface area (Å²) in [5.41, 5.74) is 5.47. The number of nitrogens with zero attached hydrogens (tertiary/aromatic N) is 1. The third-order valence-electron chi connectivity index (χ3n) is 5.36. The Hall–Kier alpha value is -2.44. The highest BCUT2D eigenvalue weighted by Crippen LogP contribution is 2.32. The quantitative estimate of drug-likeness (QED) is 0.695. The predicted octanol–water partition coefficient (Wildman–Crippen LogP) is 4.71. The molecule has 1 aliphatic heterocycles. The molecule has 4 nitrogen and oxygen atoms in total. The molecular weight excluding hydrogens is 375 g/mol. The minimum absolute atomic E-state index is 0.278. The topological polar surface area (TPSA) is 53.2 Å². The number of aromatic amines is 1. The van der Waals surface area contributed by atoms with Gasteiger partial charge in [0.05, 0.1) is 4.90 Å². The molecule has 0 aliphatic carbocycles. The second-order valence-corrected chi connectivity index (χ2v) is 9.34. The van der Waals surface area contributed by atoms with Crippen LogP contribution in [0.2, 0.25) is 0 Å². The fraction of sp³-hybridized carbons (Fsp3) is 0.273. The molecule has 0 radical (unpaired) electrons. The van der Waals surface area contributed by atoms with Crippen molar-refractivity contribution >= 4 is 26.5 Å². The van der Waals surface area contributed by atoms with Gasteiger partial charge in [0.15, 0.2) is 0 Å². The van der Waals surface area contributed by atoms with Crippen molar-refractivity contribution < 1.29 is 12.8 Å². The molecule has 4 rings (SSSR count). The van der Waals surface area contributed by atoms with Crippen LogP contribution in [0.4, 0.5) is 4.39 Å². The van der Waals surface area contributed by atoms with E-state index in [4.69, 9.17) is 0 Å². The Morgan fingerprint density at radius 1 is 1.07 bits per heavy atom. The normalized spacial score (nSPS) is 15.8. The number of fused-ring (bicyclic) bond motifs is 1. The van der Waals surface area contributed by atoms with Gasteiger partial charge in [0.25, 0.3) is 0 Å². The molecule has 0 saturated carbocycles. The molecular formula is C22H23FN2O2S. The Morgan fingerprint density at radius 3 is 2.43 bits per heavy atom. The van der Waals surface area contributed by atoms with Crippen LogP contribution in [-0.4, -0.2) is 30.8 Å². The Labute approximate surface area is 164 Å². The molecule has 0 amide bonds. The number of hydrogen-bond donors (Lipinski definition) is 1. The van der Waals surface area contributed by atoms with Crippen LogP contribution in [0.1, 0.15) is 28.7 Å². The van der Waals surface area contributed by atoms with Crippen LogP contribution < -0.4 is 0 Å². The first-order valence-electron chi connectivity index (χ1n) is 9.31. The Kier molecular flexibility index (Phi) is 4.63. The number of hydrogen-bond acceptors (Lipinski definition) is 2. The molecule has 0 bridgehead atoms. The molecule has 2 aromatic carbocycles. The zero-order chi connectivity index (χ0) is 20.1. The van der Waals surface area contributed by atoms with Gasteiger partial charge in [-0.2, -0.15) is 4.31 Å². The molecule has 146 valence electrons. The highest BCUT2D eigenvalue weighted by molar-refractivity contribution is 7.89. The van der Waals surface area contributed by atoms with Crippen molar-refractivity contribution in [3.05, 3.63) is 70.7 Å². The van der Waals surface area contributed by atoms with E-state index in [1.807, 2.05) is 45.2 Å². The second-order valence-electron chi connectivity index (χ2n) is 7.46. The highest BCUT2D eigenvalue weighted by Gasteiger charge is 2.29. The zero-order valence-corrected chi connectivity index (χ0v) is 17.0. The monoisotopic (exact) mass is 398 g/mol. The largest absolute Gasteiger partial charge is 0.360 e. The van der Waals surface area contributed by atoms with E-state index in [1.165, 1.54) is 16.4 Å². The third-order valence-corrected chi connectivity index (χ3v) is 7.54. The fourth-order valence-electron chi connectivity index (χ4n) is 4.18. The van der Waals surface area contributed by atoms with Crippen LogP contribution >= 0.6 is 0 Å². The van der Waals surface area contributed by atoms with Crippen LogP contribution in [0.5, 0.6) is 0 Å². The molecule has 0 atom stereocenters. The molecule has 1 N–H and O–H groups in total. The van der Waals surface area contributed by atoms with E-state index >= 15 is 0 Å². The second kappa shape index (κ2) is 6.87. The lowest BCUT2D eigenvalue weighted by Gasteiger charge is -2.27. The van der Waals surface area contributed by atoms with Crippen LogP contribution in [0.25, 0.3) is 16.5 Å². The standard InChI is InChI=1S/C22H23FN2O2S/c1-14-10-15(2)22(16(3)11-14)28(26,27)25-8-6-17(7-9-25)20-13-24-21-12-18(23)4-5-19(20)21/h4-6,10-13,24H,7-9H2,1-3H3. The maximum absolute atomic E-state index is 13.4. The number of halogens is 1. The summed E-state index contributed by atoms with van der Waals surface area (Å²) in [5, 5.41) is 0.953. The van der Waals surface area contributed by atoms with Gasteiger partial charge in [-0.15, -0.1) is 0 Å². The molecule has 0 spiro atoms. The first-order valence-corrected chi connectivity index (χ1v) is 10.8. The van der Waals surface area contributed by atoms with Gasteiger partial charge in [0, 0.05) is 35.8 Å². The van der Waals surface area contributed by atoms with E-state index in [1.54, 1.807) is 6.07 Å². The van der Waals surface area contributed by atoms with E-state index < -0.39 is 10.0 Å². The van der Waals surface area contributed by atoms with Gasteiger partial charge in [-0.3, -0.25) is 0 Å². The predicted molar refractivity (Wildman–Crippen MR) is 110 cm³/mol. The molecule has 1 aromatic heterocycles. The average Bonchev–Trinajstić information content (AvgIpc) is 3.03. The summed E-state index contributed by atoms with van der Waals surface area (Å²) in [5.74, 6) is -0.278. The number of H-pyrrole nitrogens is 1. The van der Waals surface area contributed by atoms with Gasteiger partial charge in [0.1, 0.15) is 5.82 Å². The Bertz CT molecular complexity index is 1190. The van der Waals surface area contributed by atoms with Gasteiger partial charge in [-0.25, -0.2) is 12.8 Å². The van der Waals surface area contributed by atoms with Crippen molar-refractivity contribution in [2.45, 2.75) is 32.1 Å². The maximum atomic E-state index is 13.4. The summed E-state index contributed by atoms with van der Waals surface area (Å²) >= 11 is 0. The van der Waals surface area contributed by atoms with Gasteiger partial charge in [0.2, 0.25) is 10.0 Å². The van der Waals surface area contributed by atoms with Crippen molar-refractivity contribution in [3.63, 3.8) is 0 Å². The van der Waals surface area contributed by atoms with Crippen LogP contribution in [0.15, 0.2) is 47.5 Å². The molecule has 0 saturated heterocycles.